The molecule has 0 saturated carbocycles. The summed E-state index contributed by atoms with van der Waals surface area (Å²) in [5.74, 6) is -1.17. The fourth-order valence-corrected chi connectivity index (χ4v) is 8.65. The number of nitrogens with zero attached hydrogens (tertiary/aromatic N) is 6. The van der Waals surface area contributed by atoms with Gasteiger partial charge >= 0.3 is 11.9 Å². The van der Waals surface area contributed by atoms with Crippen molar-refractivity contribution in [3.8, 4) is 0 Å². The molecule has 2 aromatic heterocycles. The highest BCUT2D eigenvalue weighted by Gasteiger charge is 2.41. The van der Waals surface area contributed by atoms with Crippen LogP contribution in [-0.2, 0) is 9.47 Å². The van der Waals surface area contributed by atoms with Crippen molar-refractivity contribution in [2.45, 2.75) is 46.5 Å². The first-order valence-electron chi connectivity index (χ1n) is 17.8. The molecule has 0 unspecified atom stereocenters. The molecule has 2 aliphatic rings. The molecule has 0 fully saturated rings. The molecule has 8 rings (SSSR count). The molecular formula is C40H36N8O6S2. The molecule has 0 saturated heterocycles. The predicted molar refractivity (Wildman–Crippen MR) is 210 cm³/mol. The average Bonchev–Trinajstić information content (AvgIpc) is 3.88. The summed E-state index contributed by atoms with van der Waals surface area (Å²) in [5.41, 5.74) is 9.79. The van der Waals surface area contributed by atoms with Crippen molar-refractivity contribution in [3.63, 3.8) is 0 Å². The van der Waals surface area contributed by atoms with Crippen LogP contribution < -0.4 is 10.9 Å². The van der Waals surface area contributed by atoms with Crippen LogP contribution in [-0.4, -0.2) is 77.4 Å². The van der Waals surface area contributed by atoms with Gasteiger partial charge in [-0.1, -0.05) is 145 Å². The van der Waals surface area contributed by atoms with Crippen LogP contribution in [0.3, 0.4) is 0 Å². The van der Waals surface area contributed by atoms with E-state index in [1.807, 2.05) is 97.1 Å². The Morgan fingerprint density at radius 1 is 0.554 bits per heavy atom. The summed E-state index contributed by atoms with van der Waals surface area (Å²) in [4.78, 5) is 53.9. The summed E-state index contributed by atoms with van der Waals surface area (Å²) in [6.07, 6.45) is 0. The maximum Gasteiger partial charge on any atom is 0.361 e. The number of aromatic nitrogens is 6. The highest BCUT2D eigenvalue weighted by molar-refractivity contribution is 8.01. The topological polar surface area (TPSA) is 172 Å². The number of carbonyl (C=O) groups excluding carboxylic acids is 4. The Morgan fingerprint density at radius 2 is 0.893 bits per heavy atom. The van der Waals surface area contributed by atoms with Gasteiger partial charge in [-0.25, -0.2) is 9.59 Å². The second-order valence-corrected chi connectivity index (χ2v) is 14.6. The minimum atomic E-state index is -0.554. The van der Waals surface area contributed by atoms with Gasteiger partial charge in [-0.05, 0) is 35.4 Å². The van der Waals surface area contributed by atoms with E-state index in [0.717, 1.165) is 11.1 Å². The Kier molecular flexibility index (Phi) is 11.9. The number of thioether (sulfide) groups is 2. The minimum absolute atomic E-state index is 0.0331. The molecular weight excluding hydrogens is 753 g/mol. The number of hydrogen-bond acceptors (Lipinski definition) is 14. The maximum absolute atomic E-state index is 13.3. The number of ether oxygens (including phenoxy) is 2. The van der Waals surface area contributed by atoms with E-state index in [2.05, 4.69) is 31.5 Å². The molecule has 0 amide bonds. The van der Waals surface area contributed by atoms with E-state index >= 15 is 0 Å². The summed E-state index contributed by atoms with van der Waals surface area (Å²) in [7, 11) is 0. The summed E-state index contributed by atoms with van der Waals surface area (Å²) in [5, 5.41) is 15.9. The highest BCUT2D eigenvalue weighted by atomic mass is 32.2. The second kappa shape index (κ2) is 17.5. The van der Waals surface area contributed by atoms with E-state index in [4.69, 9.17) is 9.47 Å². The molecule has 4 atom stereocenters. The molecule has 56 heavy (non-hydrogen) atoms. The normalized spacial score (nSPS) is 18.0. The zero-order valence-electron chi connectivity index (χ0n) is 30.2. The molecule has 16 heteroatoms. The third-order valence-corrected chi connectivity index (χ3v) is 11.4. The third kappa shape index (κ3) is 8.06. The standard InChI is InChI=1S/2C20H18N4O3S/c2*1-2-27-20(26)16-19-24(23-21-16)22-15(13-9-5-3-6-10-13)18(28-19)17(25)14-11-7-4-8-12-14/h2*3-12,15,18,22H,2H2,1H3/t15-,18+;15-,18-/m10/s1. The Balaban J connectivity index is 0.000000172. The largest absolute Gasteiger partial charge is 0.461 e. The molecule has 6 aromatic rings. The van der Waals surface area contributed by atoms with Gasteiger partial charge in [0.15, 0.2) is 21.6 Å². The van der Waals surface area contributed by atoms with Crippen LogP contribution in [0.2, 0.25) is 0 Å². The van der Waals surface area contributed by atoms with Gasteiger partial charge in [-0.15, -0.1) is 10.2 Å². The highest BCUT2D eigenvalue weighted by Crippen LogP contribution is 2.41. The monoisotopic (exact) mass is 788 g/mol. The van der Waals surface area contributed by atoms with Crippen LogP contribution in [0, 0.1) is 0 Å². The van der Waals surface area contributed by atoms with Crippen LogP contribution in [0.15, 0.2) is 131 Å². The molecule has 0 spiro atoms. The molecule has 2 aliphatic heterocycles. The van der Waals surface area contributed by atoms with Crippen LogP contribution in [0.1, 0.15) is 78.8 Å². The molecule has 284 valence electrons. The number of fused-ring (bicyclic) bond motifs is 2. The SMILES string of the molecule is CCOC(=O)c1nnn2c1S[C@H](C(=O)c1ccccc1)[C@@H](c1ccccc1)N2.CCOC(=O)c1nnn2c1S[C@H](C(=O)c1ccccc1)[C@H](c1ccccc1)N2. The molecule has 2 N–H and O–H groups in total. The summed E-state index contributed by atoms with van der Waals surface area (Å²) >= 11 is 2.55. The van der Waals surface area contributed by atoms with Gasteiger partial charge in [-0.3, -0.25) is 20.4 Å². The average molecular weight is 789 g/mol. The molecule has 0 bridgehead atoms. The van der Waals surface area contributed by atoms with E-state index in [0.29, 0.717) is 21.2 Å². The number of rotatable bonds is 10. The van der Waals surface area contributed by atoms with Crippen molar-refractivity contribution in [3.05, 3.63) is 155 Å². The van der Waals surface area contributed by atoms with Gasteiger partial charge in [0.1, 0.15) is 10.5 Å². The predicted octanol–water partition coefficient (Wildman–Crippen LogP) is 6.19. The zero-order valence-corrected chi connectivity index (χ0v) is 31.9. The number of carbonyl (C=O) groups is 4. The van der Waals surface area contributed by atoms with Gasteiger partial charge < -0.3 is 9.47 Å². The molecule has 4 heterocycles. The van der Waals surface area contributed by atoms with Crippen LogP contribution in [0.4, 0.5) is 0 Å². The first-order chi connectivity index (χ1) is 27.4. The van der Waals surface area contributed by atoms with Crippen molar-refractivity contribution in [1.82, 2.24) is 30.2 Å². The van der Waals surface area contributed by atoms with E-state index in [-0.39, 0.29) is 48.3 Å². The lowest BCUT2D eigenvalue weighted by Gasteiger charge is -2.32. The number of ketones is 2. The Labute approximate surface area is 330 Å². The Morgan fingerprint density at radius 3 is 1.23 bits per heavy atom. The summed E-state index contributed by atoms with van der Waals surface area (Å²) in [6.45, 7) is 3.93. The van der Waals surface area contributed by atoms with Crippen molar-refractivity contribution in [2.24, 2.45) is 0 Å². The molecule has 0 radical (unpaired) electrons. The Bertz CT molecular complexity index is 2150. The van der Waals surface area contributed by atoms with Crippen molar-refractivity contribution < 1.29 is 28.7 Å². The zero-order chi connectivity index (χ0) is 39.0. The summed E-state index contributed by atoms with van der Waals surface area (Å²) in [6, 6.07) is 37.0. The van der Waals surface area contributed by atoms with Crippen molar-refractivity contribution >= 4 is 47.0 Å². The van der Waals surface area contributed by atoms with Crippen molar-refractivity contribution in [1.29, 1.82) is 0 Å². The van der Waals surface area contributed by atoms with Crippen LogP contribution >= 0.6 is 23.5 Å². The van der Waals surface area contributed by atoms with Gasteiger partial charge in [0.05, 0.1) is 25.3 Å². The quantitative estimate of drug-likeness (QED) is 0.119. The molecule has 0 aliphatic carbocycles. The van der Waals surface area contributed by atoms with E-state index in [1.165, 1.54) is 33.1 Å². The maximum atomic E-state index is 13.3. The number of Topliss-reactive ketones (excluding diaryl/α,β-unsaturated/α-hetero) is 2. The van der Waals surface area contributed by atoms with E-state index in [1.54, 1.807) is 38.1 Å². The second-order valence-electron chi connectivity index (χ2n) is 12.3. The first-order valence-corrected chi connectivity index (χ1v) is 19.5. The van der Waals surface area contributed by atoms with Crippen molar-refractivity contribution in [2.75, 3.05) is 24.1 Å². The fourth-order valence-electron chi connectivity index (χ4n) is 6.12. The third-order valence-electron chi connectivity index (χ3n) is 8.75. The number of esters is 2. The molecule has 4 aromatic carbocycles. The van der Waals surface area contributed by atoms with E-state index in [9.17, 15) is 19.2 Å². The Hall–Kier alpha value is -6.26. The lowest BCUT2D eigenvalue weighted by Crippen LogP contribution is -2.39. The van der Waals surface area contributed by atoms with Gasteiger partial charge in [0.25, 0.3) is 0 Å². The van der Waals surface area contributed by atoms with E-state index < -0.39 is 22.4 Å². The number of hydrogen-bond donors (Lipinski definition) is 2. The van der Waals surface area contributed by atoms with Gasteiger partial charge in [-0.2, -0.15) is 9.58 Å². The summed E-state index contributed by atoms with van der Waals surface area (Å²) < 4.78 is 10.1. The minimum Gasteiger partial charge on any atom is -0.461 e. The van der Waals surface area contributed by atoms with Gasteiger partial charge in [0.2, 0.25) is 11.4 Å². The smallest absolute Gasteiger partial charge is 0.361 e. The lowest BCUT2D eigenvalue weighted by molar-refractivity contribution is 0.0505. The van der Waals surface area contributed by atoms with Crippen LogP contribution in [0.25, 0.3) is 0 Å². The fraction of sp³-hybridized carbons (Fsp3) is 0.200. The molecule has 14 nitrogen and oxygen atoms in total. The first kappa shape index (κ1) is 38.0. The van der Waals surface area contributed by atoms with Crippen LogP contribution in [0.5, 0.6) is 0 Å². The number of nitrogens with one attached hydrogen (secondary N) is 2. The number of benzene rings is 4. The lowest BCUT2D eigenvalue weighted by atomic mass is 9.97. The van der Waals surface area contributed by atoms with Gasteiger partial charge in [0, 0.05) is 11.1 Å².